The Kier molecular flexibility index (Phi) is 5.90. The van der Waals surface area contributed by atoms with Crippen LogP contribution in [0.5, 0.6) is 0 Å². The molecule has 0 aromatic heterocycles. The standard InChI is InChI=1S/C14H30N2O/c1-5-15-14(3,11-17)10-16(4)13-8-6-7-12(2)9-13/h12-13,15,17H,5-11H2,1-4H3. The van der Waals surface area contributed by atoms with Crippen molar-refractivity contribution in [2.75, 3.05) is 26.7 Å². The molecule has 1 saturated carbocycles. The predicted molar refractivity (Wildman–Crippen MR) is 73.2 cm³/mol. The van der Waals surface area contributed by atoms with E-state index in [1.54, 1.807) is 0 Å². The van der Waals surface area contributed by atoms with Gasteiger partial charge in [-0.2, -0.15) is 0 Å². The molecule has 0 amide bonds. The molecule has 17 heavy (non-hydrogen) atoms. The summed E-state index contributed by atoms with van der Waals surface area (Å²) in [5.41, 5.74) is -0.163. The Hall–Kier alpha value is -0.120. The third-order valence-corrected chi connectivity index (χ3v) is 4.08. The fraction of sp³-hybridized carbons (Fsp3) is 1.00. The second-order valence-electron chi connectivity index (χ2n) is 6.09. The highest BCUT2D eigenvalue weighted by atomic mass is 16.3. The Morgan fingerprint density at radius 1 is 1.41 bits per heavy atom. The van der Waals surface area contributed by atoms with Gasteiger partial charge in [0.05, 0.1) is 12.1 Å². The summed E-state index contributed by atoms with van der Waals surface area (Å²) in [6.07, 6.45) is 5.36. The minimum absolute atomic E-state index is 0.163. The number of aliphatic hydroxyl groups is 1. The van der Waals surface area contributed by atoms with Gasteiger partial charge in [-0.3, -0.25) is 0 Å². The zero-order valence-corrected chi connectivity index (χ0v) is 12.0. The van der Waals surface area contributed by atoms with Crippen molar-refractivity contribution in [2.45, 2.75) is 58.0 Å². The molecule has 0 saturated heterocycles. The lowest BCUT2D eigenvalue weighted by atomic mass is 9.86. The number of aliphatic hydroxyl groups excluding tert-OH is 1. The summed E-state index contributed by atoms with van der Waals surface area (Å²) in [5.74, 6) is 0.857. The molecular formula is C14H30N2O. The first-order valence-electron chi connectivity index (χ1n) is 7.07. The average Bonchev–Trinajstić information content (AvgIpc) is 2.29. The van der Waals surface area contributed by atoms with Gasteiger partial charge in [0, 0.05) is 12.6 Å². The molecule has 3 heteroatoms. The Balaban J connectivity index is 2.48. The molecule has 0 spiro atoms. The quantitative estimate of drug-likeness (QED) is 0.746. The summed E-state index contributed by atoms with van der Waals surface area (Å²) in [4.78, 5) is 2.44. The summed E-state index contributed by atoms with van der Waals surface area (Å²) in [6, 6.07) is 0.697. The molecule has 0 bridgehead atoms. The largest absolute Gasteiger partial charge is 0.394 e. The summed E-state index contributed by atoms with van der Waals surface area (Å²) in [6.45, 7) is 8.60. The maximum Gasteiger partial charge on any atom is 0.0623 e. The van der Waals surface area contributed by atoms with Gasteiger partial charge in [0.2, 0.25) is 0 Å². The third-order valence-electron chi connectivity index (χ3n) is 4.08. The Labute approximate surface area is 107 Å². The summed E-state index contributed by atoms with van der Waals surface area (Å²) in [7, 11) is 2.20. The van der Waals surface area contributed by atoms with Crippen molar-refractivity contribution in [3.63, 3.8) is 0 Å². The molecule has 1 aliphatic rings. The van der Waals surface area contributed by atoms with E-state index in [2.05, 4.69) is 38.0 Å². The maximum atomic E-state index is 9.53. The molecule has 2 N–H and O–H groups in total. The smallest absolute Gasteiger partial charge is 0.0623 e. The van der Waals surface area contributed by atoms with E-state index in [0.717, 1.165) is 19.0 Å². The normalized spacial score (nSPS) is 29.3. The molecule has 1 fully saturated rings. The minimum Gasteiger partial charge on any atom is -0.394 e. The fourth-order valence-electron chi connectivity index (χ4n) is 3.07. The number of rotatable bonds is 6. The number of likely N-dealkylation sites (N-methyl/N-ethyl adjacent to an activating group) is 2. The van der Waals surface area contributed by atoms with Crippen molar-refractivity contribution >= 4 is 0 Å². The van der Waals surface area contributed by atoms with Crippen molar-refractivity contribution < 1.29 is 5.11 Å². The zero-order valence-electron chi connectivity index (χ0n) is 12.0. The predicted octanol–water partition coefficient (Wildman–Crippen LogP) is 1.86. The number of hydrogen-bond acceptors (Lipinski definition) is 3. The number of nitrogens with one attached hydrogen (secondary N) is 1. The molecule has 0 heterocycles. The van der Waals surface area contributed by atoms with Crippen molar-refractivity contribution in [1.82, 2.24) is 10.2 Å². The maximum absolute atomic E-state index is 9.53. The highest BCUT2D eigenvalue weighted by molar-refractivity contribution is 4.88. The molecular weight excluding hydrogens is 212 g/mol. The molecule has 3 atom stereocenters. The van der Waals surface area contributed by atoms with Gasteiger partial charge < -0.3 is 15.3 Å². The summed E-state index contributed by atoms with van der Waals surface area (Å²) in [5, 5.41) is 12.9. The molecule has 1 rings (SSSR count). The minimum atomic E-state index is -0.163. The monoisotopic (exact) mass is 242 g/mol. The topological polar surface area (TPSA) is 35.5 Å². The van der Waals surface area contributed by atoms with Crippen LogP contribution in [0.2, 0.25) is 0 Å². The van der Waals surface area contributed by atoms with E-state index in [0.29, 0.717) is 6.04 Å². The summed E-state index contributed by atoms with van der Waals surface area (Å²) < 4.78 is 0. The van der Waals surface area contributed by atoms with E-state index in [-0.39, 0.29) is 12.1 Å². The van der Waals surface area contributed by atoms with Gasteiger partial charge in [0.25, 0.3) is 0 Å². The van der Waals surface area contributed by atoms with E-state index in [4.69, 9.17) is 0 Å². The Bertz CT molecular complexity index is 222. The first kappa shape index (κ1) is 14.9. The highest BCUT2D eigenvalue weighted by Gasteiger charge is 2.29. The van der Waals surface area contributed by atoms with Gasteiger partial charge in [-0.15, -0.1) is 0 Å². The average molecular weight is 242 g/mol. The van der Waals surface area contributed by atoms with Crippen LogP contribution in [0.4, 0.5) is 0 Å². The number of nitrogens with zero attached hydrogens (tertiary/aromatic N) is 1. The van der Waals surface area contributed by atoms with Crippen molar-refractivity contribution in [3.8, 4) is 0 Å². The van der Waals surface area contributed by atoms with Crippen LogP contribution in [0, 0.1) is 5.92 Å². The molecule has 0 aliphatic heterocycles. The van der Waals surface area contributed by atoms with Gasteiger partial charge in [-0.1, -0.05) is 26.7 Å². The van der Waals surface area contributed by atoms with Crippen LogP contribution in [-0.4, -0.2) is 48.3 Å². The van der Waals surface area contributed by atoms with Crippen LogP contribution < -0.4 is 5.32 Å². The van der Waals surface area contributed by atoms with Gasteiger partial charge >= 0.3 is 0 Å². The lowest BCUT2D eigenvalue weighted by molar-refractivity contribution is 0.0909. The molecule has 3 nitrogen and oxygen atoms in total. The van der Waals surface area contributed by atoms with Crippen LogP contribution in [0.25, 0.3) is 0 Å². The van der Waals surface area contributed by atoms with E-state index >= 15 is 0 Å². The van der Waals surface area contributed by atoms with Crippen LogP contribution >= 0.6 is 0 Å². The lowest BCUT2D eigenvalue weighted by Crippen LogP contribution is -2.55. The molecule has 0 aromatic rings. The molecule has 102 valence electrons. The fourth-order valence-corrected chi connectivity index (χ4v) is 3.07. The molecule has 3 unspecified atom stereocenters. The Morgan fingerprint density at radius 3 is 2.65 bits per heavy atom. The third kappa shape index (κ3) is 4.57. The van der Waals surface area contributed by atoms with E-state index in [1.807, 2.05) is 0 Å². The van der Waals surface area contributed by atoms with Crippen LogP contribution in [0.1, 0.15) is 46.5 Å². The molecule has 0 radical (unpaired) electrons. The zero-order chi connectivity index (χ0) is 12.9. The van der Waals surface area contributed by atoms with Crippen LogP contribution in [-0.2, 0) is 0 Å². The van der Waals surface area contributed by atoms with Crippen molar-refractivity contribution in [3.05, 3.63) is 0 Å². The molecule has 0 aromatic carbocycles. The van der Waals surface area contributed by atoms with Crippen molar-refractivity contribution in [1.29, 1.82) is 0 Å². The number of hydrogen-bond donors (Lipinski definition) is 2. The van der Waals surface area contributed by atoms with Gasteiger partial charge in [0.15, 0.2) is 0 Å². The SMILES string of the molecule is CCNC(C)(CO)CN(C)C1CCCC(C)C1. The van der Waals surface area contributed by atoms with Gasteiger partial charge in [0.1, 0.15) is 0 Å². The second-order valence-corrected chi connectivity index (χ2v) is 6.09. The molecule has 1 aliphatic carbocycles. The summed E-state index contributed by atoms with van der Waals surface area (Å²) >= 11 is 0. The van der Waals surface area contributed by atoms with Crippen LogP contribution in [0.15, 0.2) is 0 Å². The lowest BCUT2D eigenvalue weighted by Gasteiger charge is -2.39. The Morgan fingerprint density at radius 2 is 2.12 bits per heavy atom. The van der Waals surface area contributed by atoms with E-state index < -0.39 is 0 Å². The second kappa shape index (κ2) is 6.72. The first-order chi connectivity index (χ1) is 8.00. The van der Waals surface area contributed by atoms with Crippen LogP contribution in [0.3, 0.4) is 0 Å². The highest BCUT2D eigenvalue weighted by Crippen LogP contribution is 2.27. The van der Waals surface area contributed by atoms with Gasteiger partial charge in [-0.25, -0.2) is 0 Å². The first-order valence-corrected chi connectivity index (χ1v) is 7.07. The van der Waals surface area contributed by atoms with E-state index in [9.17, 15) is 5.11 Å². The van der Waals surface area contributed by atoms with E-state index in [1.165, 1.54) is 25.7 Å². The van der Waals surface area contributed by atoms with Gasteiger partial charge in [-0.05, 0) is 39.3 Å². The van der Waals surface area contributed by atoms with Crippen molar-refractivity contribution in [2.24, 2.45) is 5.92 Å².